The van der Waals surface area contributed by atoms with Crippen LogP contribution in [0.1, 0.15) is 29.7 Å². The summed E-state index contributed by atoms with van der Waals surface area (Å²) < 4.78 is 11.4. The Morgan fingerprint density at radius 3 is 2.02 bits per heavy atom. The molecule has 2 aliphatic carbocycles. The Morgan fingerprint density at radius 1 is 0.596 bits per heavy atom. The summed E-state index contributed by atoms with van der Waals surface area (Å²) in [6, 6.07) is 52.7. The molecule has 3 unspecified atom stereocenters. The summed E-state index contributed by atoms with van der Waals surface area (Å²) in [6.45, 7) is 2.38. The number of allylic oxidation sites excluding steroid dienone is 3. The topological polar surface area (TPSA) is 19.1 Å². The zero-order valence-electron chi connectivity index (χ0n) is 28.9. The lowest BCUT2D eigenvalue weighted by molar-refractivity contribution is 0.268. The van der Waals surface area contributed by atoms with E-state index in [1.165, 1.54) is 83.2 Å². The minimum absolute atomic E-state index is 0.00961. The van der Waals surface area contributed by atoms with E-state index in [2.05, 4.69) is 186 Å². The number of benzene rings is 6. The summed E-state index contributed by atoms with van der Waals surface area (Å²) in [5.74, 6) is 1.53. The molecule has 0 saturated carbocycles. The SMILES string of the molecule is CC1Cc2c(c3ccccc3n2-c2ccccc2)C=C1C1=CC2c3cc(-c4ccc5c(c4)c4ccccc4n5-c4ccccc4)ccc3OC2C=C1. The second kappa shape index (κ2) is 11.3. The van der Waals surface area contributed by atoms with Gasteiger partial charge in [0.05, 0.1) is 16.6 Å². The summed E-state index contributed by atoms with van der Waals surface area (Å²) >= 11 is 0. The lowest BCUT2D eigenvalue weighted by Crippen LogP contribution is -2.20. The lowest BCUT2D eigenvalue weighted by Gasteiger charge is -2.27. The van der Waals surface area contributed by atoms with Crippen LogP contribution < -0.4 is 4.74 Å². The van der Waals surface area contributed by atoms with E-state index in [1.807, 2.05) is 0 Å². The molecule has 3 atom stereocenters. The zero-order valence-corrected chi connectivity index (χ0v) is 28.9. The maximum atomic E-state index is 6.55. The molecule has 52 heavy (non-hydrogen) atoms. The van der Waals surface area contributed by atoms with Crippen LogP contribution in [0.4, 0.5) is 0 Å². The number of para-hydroxylation sites is 4. The van der Waals surface area contributed by atoms with E-state index in [-0.39, 0.29) is 12.0 Å². The van der Waals surface area contributed by atoms with Gasteiger partial charge in [0.2, 0.25) is 0 Å². The largest absolute Gasteiger partial charge is 0.485 e. The molecule has 8 aromatic rings. The van der Waals surface area contributed by atoms with Gasteiger partial charge < -0.3 is 13.9 Å². The first-order valence-corrected chi connectivity index (χ1v) is 18.4. The Balaban J connectivity index is 0.988. The van der Waals surface area contributed by atoms with Crippen molar-refractivity contribution in [3.63, 3.8) is 0 Å². The Labute approximate surface area is 303 Å². The predicted molar refractivity (Wildman–Crippen MR) is 215 cm³/mol. The molecule has 3 aliphatic rings. The normalized spacial score (nSPS) is 18.9. The first-order chi connectivity index (χ1) is 25.7. The molecule has 0 bridgehead atoms. The summed E-state index contributed by atoms with van der Waals surface area (Å²) in [5.41, 5.74) is 15.3. The molecule has 3 heteroatoms. The first-order valence-electron chi connectivity index (χ1n) is 18.4. The van der Waals surface area contributed by atoms with Crippen molar-refractivity contribution in [2.24, 2.45) is 5.92 Å². The Hall–Kier alpha value is -6.32. The molecule has 0 radical (unpaired) electrons. The molecule has 0 saturated heterocycles. The number of aromatic nitrogens is 2. The van der Waals surface area contributed by atoms with Crippen molar-refractivity contribution >= 4 is 38.8 Å². The van der Waals surface area contributed by atoms with Gasteiger partial charge in [0, 0.05) is 50.3 Å². The third kappa shape index (κ3) is 4.39. The van der Waals surface area contributed by atoms with Crippen LogP contribution in [0.5, 0.6) is 5.75 Å². The van der Waals surface area contributed by atoms with Crippen molar-refractivity contribution in [3.05, 3.63) is 192 Å². The molecular weight excluding hydrogens is 633 g/mol. The molecule has 0 N–H and O–H groups in total. The van der Waals surface area contributed by atoms with E-state index < -0.39 is 0 Å². The smallest absolute Gasteiger partial charge is 0.128 e. The van der Waals surface area contributed by atoms with Gasteiger partial charge in [-0.05, 0) is 107 Å². The third-order valence-electron chi connectivity index (χ3n) is 11.5. The number of hydrogen-bond acceptors (Lipinski definition) is 1. The van der Waals surface area contributed by atoms with Crippen LogP contribution in [-0.2, 0) is 6.42 Å². The van der Waals surface area contributed by atoms with Crippen LogP contribution in [0.3, 0.4) is 0 Å². The first kappa shape index (κ1) is 29.4. The predicted octanol–water partition coefficient (Wildman–Crippen LogP) is 12.0. The quantitative estimate of drug-likeness (QED) is 0.183. The summed E-state index contributed by atoms with van der Waals surface area (Å²) in [5, 5.41) is 3.84. The molecule has 0 fully saturated rings. The van der Waals surface area contributed by atoms with Crippen molar-refractivity contribution in [3.8, 4) is 28.3 Å². The second-order valence-electron chi connectivity index (χ2n) is 14.5. The molecule has 0 spiro atoms. The van der Waals surface area contributed by atoms with Gasteiger partial charge in [0.15, 0.2) is 0 Å². The lowest BCUT2D eigenvalue weighted by atomic mass is 9.79. The highest BCUT2D eigenvalue weighted by Crippen LogP contribution is 2.47. The molecule has 1 aliphatic heterocycles. The zero-order chi connectivity index (χ0) is 34.3. The van der Waals surface area contributed by atoms with Crippen molar-refractivity contribution in [2.75, 3.05) is 0 Å². The minimum Gasteiger partial charge on any atom is -0.485 e. The van der Waals surface area contributed by atoms with Gasteiger partial charge in [-0.2, -0.15) is 0 Å². The summed E-state index contributed by atoms with van der Waals surface area (Å²) in [4.78, 5) is 0. The van der Waals surface area contributed by atoms with Gasteiger partial charge in [-0.25, -0.2) is 0 Å². The number of hydrogen-bond donors (Lipinski definition) is 0. The third-order valence-corrected chi connectivity index (χ3v) is 11.5. The molecular formula is C49H36N2O. The highest BCUT2D eigenvalue weighted by Gasteiger charge is 2.35. The van der Waals surface area contributed by atoms with Crippen molar-refractivity contribution in [1.29, 1.82) is 0 Å². The molecule has 11 rings (SSSR count). The fraction of sp³-hybridized carbons (Fsp3) is 0.102. The summed E-state index contributed by atoms with van der Waals surface area (Å²) in [7, 11) is 0. The van der Waals surface area contributed by atoms with Gasteiger partial charge in [-0.15, -0.1) is 0 Å². The molecule has 3 heterocycles. The summed E-state index contributed by atoms with van der Waals surface area (Å²) in [6.07, 6.45) is 10.5. The van der Waals surface area contributed by atoms with Crippen LogP contribution in [0.25, 0.3) is 61.3 Å². The van der Waals surface area contributed by atoms with E-state index in [0.29, 0.717) is 5.92 Å². The van der Waals surface area contributed by atoms with E-state index in [1.54, 1.807) is 0 Å². The highest BCUT2D eigenvalue weighted by atomic mass is 16.5. The van der Waals surface area contributed by atoms with Crippen LogP contribution in [-0.4, -0.2) is 15.2 Å². The van der Waals surface area contributed by atoms with Crippen LogP contribution in [0.15, 0.2) is 175 Å². The van der Waals surface area contributed by atoms with E-state index in [9.17, 15) is 0 Å². The Morgan fingerprint density at radius 2 is 1.23 bits per heavy atom. The number of rotatable bonds is 4. The minimum atomic E-state index is 0.00961. The van der Waals surface area contributed by atoms with Gasteiger partial charge >= 0.3 is 0 Å². The monoisotopic (exact) mass is 668 g/mol. The van der Waals surface area contributed by atoms with Crippen molar-refractivity contribution in [2.45, 2.75) is 25.4 Å². The van der Waals surface area contributed by atoms with Crippen LogP contribution in [0, 0.1) is 5.92 Å². The molecule has 2 aromatic heterocycles. The molecule has 248 valence electrons. The standard InChI is InChI=1S/C49H36N2O/c1-31-26-47-41(38-17-9-11-19-45(38)51(47)36-14-6-3-7-15-36)30-39(31)34-22-25-49-43(29-34)42-28-33(21-24-48(42)52-49)32-20-23-46-40(27-32)37-16-8-10-18-44(37)50(46)35-12-4-2-5-13-35/h2-25,27-31,43,49H,26H2,1H3. The number of ether oxygens (including phenoxy) is 1. The molecule has 3 nitrogen and oxygen atoms in total. The average molecular weight is 669 g/mol. The van der Waals surface area contributed by atoms with Crippen molar-refractivity contribution in [1.82, 2.24) is 9.13 Å². The van der Waals surface area contributed by atoms with E-state index >= 15 is 0 Å². The maximum Gasteiger partial charge on any atom is 0.128 e. The van der Waals surface area contributed by atoms with Crippen LogP contribution in [0.2, 0.25) is 0 Å². The average Bonchev–Trinajstić information content (AvgIpc) is 3.84. The van der Waals surface area contributed by atoms with Gasteiger partial charge in [0.1, 0.15) is 11.9 Å². The number of fused-ring (bicyclic) bond motifs is 9. The highest BCUT2D eigenvalue weighted by molar-refractivity contribution is 6.10. The fourth-order valence-corrected chi connectivity index (χ4v) is 9.10. The van der Waals surface area contributed by atoms with Crippen molar-refractivity contribution < 1.29 is 4.74 Å². The number of nitrogens with zero attached hydrogens (tertiary/aromatic N) is 2. The Kier molecular flexibility index (Phi) is 6.42. The van der Waals surface area contributed by atoms with Crippen LogP contribution >= 0.6 is 0 Å². The van der Waals surface area contributed by atoms with Gasteiger partial charge in [-0.3, -0.25) is 0 Å². The maximum absolute atomic E-state index is 6.55. The van der Waals surface area contributed by atoms with Gasteiger partial charge in [0.25, 0.3) is 0 Å². The second-order valence-corrected chi connectivity index (χ2v) is 14.5. The molecule has 6 aromatic carbocycles. The Bertz CT molecular complexity index is 2810. The van der Waals surface area contributed by atoms with Gasteiger partial charge in [-0.1, -0.05) is 104 Å². The van der Waals surface area contributed by atoms with E-state index in [4.69, 9.17) is 4.74 Å². The molecule has 0 amide bonds. The van der Waals surface area contributed by atoms with E-state index in [0.717, 1.165) is 12.2 Å². The fourth-order valence-electron chi connectivity index (χ4n) is 9.10.